The van der Waals surface area contributed by atoms with Crippen molar-refractivity contribution in [1.29, 1.82) is 0 Å². The lowest BCUT2D eigenvalue weighted by Crippen LogP contribution is -2.22. The third-order valence-corrected chi connectivity index (χ3v) is 2.03. The fourth-order valence-corrected chi connectivity index (χ4v) is 1.07. The molecule has 9 nitrogen and oxygen atoms in total. The van der Waals surface area contributed by atoms with Gasteiger partial charge in [-0.1, -0.05) is 12.1 Å². The first-order valence-corrected chi connectivity index (χ1v) is 6.55. The molecule has 1 aromatic rings. The van der Waals surface area contributed by atoms with Crippen LogP contribution in [0.25, 0.3) is 0 Å². The molecule has 0 bridgehead atoms. The molecule has 0 spiro atoms. The van der Waals surface area contributed by atoms with E-state index in [1.54, 1.807) is 12.1 Å². The Balaban J connectivity index is 0. The number of aliphatic hydroxyl groups is 1. The molecule has 0 aliphatic heterocycles. The van der Waals surface area contributed by atoms with E-state index in [0.29, 0.717) is 0 Å². The molecule has 0 aromatic heterocycles. The van der Waals surface area contributed by atoms with Crippen molar-refractivity contribution in [3.05, 3.63) is 24.3 Å². The number of carboxylic acid groups (broad SMARTS) is 2. The fourth-order valence-electron chi connectivity index (χ4n) is 1.07. The molecule has 0 fully saturated rings. The van der Waals surface area contributed by atoms with Gasteiger partial charge in [0.05, 0.1) is 12.8 Å². The molecule has 24 heavy (non-hydrogen) atoms. The number of benzene rings is 1. The van der Waals surface area contributed by atoms with Gasteiger partial charge < -0.3 is 25.5 Å². The molecular formula is C15H20O9. The summed E-state index contributed by atoms with van der Waals surface area (Å²) in [5.74, 6) is -3.12. The van der Waals surface area contributed by atoms with Crippen LogP contribution in [0.1, 0.15) is 26.7 Å². The summed E-state index contributed by atoms with van der Waals surface area (Å²) in [5, 5.41) is 41.5. The largest absolute Gasteiger partial charge is 0.504 e. The normalized spacial score (nSPS) is 10.1. The van der Waals surface area contributed by atoms with Crippen molar-refractivity contribution in [1.82, 2.24) is 0 Å². The number of Topliss-reactive ketones (excluding diaryl/α,β-unsaturated/α-hetero) is 2. The fraction of sp³-hybridized carbons (Fsp3) is 0.333. The van der Waals surface area contributed by atoms with E-state index in [2.05, 4.69) is 0 Å². The number of aliphatic carboxylic acids is 2. The Bertz CT molecular complexity index is 533. The second-order valence-corrected chi connectivity index (χ2v) is 4.52. The maximum absolute atomic E-state index is 10.0. The number of hydrogen-bond donors (Lipinski definition) is 5. The Morgan fingerprint density at radius 2 is 1.29 bits per heavy atom. The summed E-state index contributed by atoms with van der Waals surface area (Å²) in [6.45, 7) is 2.81. The third-order valence-electron chi connectivity index (χ3n) is 2.03. The van der Waals surface area contributed by atoms with Crippen molar-refractivity contribution in [2.24, 2.45) is 0 Å². The van der Waals surface area contributed by atoms with Gasteiger partial charge in [-0.15, -0.1) is 0 Å². The SMILES string of the molecule is CC(=O)CC(C)=O.O=C(O)CC(O)C(=O)O.Oc1ccccc1O. The van der Waals surface area contributed by atoms with Gasteiger partial charge in [-0.05, 0) is 26.0 Å². The highest BCUT2D eigenvalue weighted by atomic mass is 16.4. The van der Waals surface area contributed by atoms with Gasteiger partial charge in [0.25, 0.3) is 0 Å². The number of carbonyl (C=O) groups is 4. The number of hydrogen-bond acceptors (Lipinski definition) is 7. The summed E-state index contributed by atoms with van der Waals surface area (Å²) >= 11 is 0. The molecule has 0 radical (unpaired) electrons. The van der Waals surface area contributed by atoms with Crippen LogP contribution in [0.15, 0.2) is 24.3 Å². The summed E-state index contributed by atoms with van der Waals surface area (Å²) in [4.78, 5) is 39.5. The minimum atomic E-state index is -1.79. The molecule has 1 atom stereocenters. The van der Waals surface area contributed by atoms with E-state index in [9.17, 15) is 19.2 Å². The Labute approximate surface area is 137 Å². The lowest BCUT2D eigenvalue weighted by molar-refractivity contribution is -0.152. The van der Waals surface area contributed by atoms with Crippen molar-refractivity contribution in [2.45, 2.75) is 32.8 Å². The topological polar surface area (TPSA) is 169 Å². The van der Waals surface area contributed by atoms with E-state index in [-0.39, 0.29) is 29.5 Å². The summed E-state index contributed by atoms with van der Waals surface area (Å²) in [6.07, 6.45) is -2.46. The molecule has 5 N–H and O–H groups in total. The zero-order valence-electron chi connectivity index (χ0n) is 13.2. The maximum Gasteiger partial charge on any atom is 0.333 e. The average Bonchev–Trinajstić information content (AvgIpc) is 2.41. The van der Waals surface area contributed by atoms with Gasteiger partial charge in [0.15, 0.2) is 17.6 Å². The Hall–Kier alpha value is -2.94. The predicted octanol–water partition coefficient (Wildman–Crippen LogP) is 0.559. The molecule has 1 aromatic carbocycles. The quantitative estimate of drug-likeness (QED) is 0.378. The smallest absolute Gasteiger partial charge is 0.333 e. The number of phenols is 2. The van der Waals surface area contributed by atoms with Crippen LogP contribution >= 0.6 is 0 Å². The number of aliphatic hydroxyl groups excluding tert-OH is 1. The molecule has 0 aliphatic rings. The van der Waals surface area contributed by atoms with Crippen LogP contribution in [-0.2, 0) is 19.2 Å². The highest BCUT2D eigenvalue weighted by Crippen LogP contribution is 2.21. The van der Waals surface area contributed by atoms with Crippen molar-refractivity contribution < 1.29 is 44.7 Å². The highest BCUT2D eigenvalue weighted by Gasteiger charge is 2.16. The van der Waals surface area contributed by atoms with E-state index in [0.717, 1.165) is 0 Å². The van der Waals surface area contributed by atoms with Crippen LogP contribution in [0.3, 0.4) is 0 Å². The van der Waals surface area contributed by atoms with Crippen LogP contribution in [0, 0.1) is 0 Å². The first-order chi connectivity index (χ1) is 11.0. The predicted molar refractivity (Wildman–Crippen MR) is 81.6 cm³/mol. The minimum absolute atomic E-state index is 0.0625. The highest BCUT2D eigenvalue weighted by molar-refractivity contribution is 5.96. The number of rotatable bonds is 5. The minimum Gasteiger partial charge on any atom is -0.504 e. The lowest BCUT2D eigenvalue weighted by Gasteiger charge is -1.97. The van der Waals surface area contributed by atoms with Gasteiger partial charge in [-0.3, -0.25) is 14.4 Å². The third kappa shape index (κ3) is 15.4. The first-order valence-electron chi connectivity index (χ1n) is 6.55. The zero-order valence-corrected chi connectivity index (χ0v) is 13.2. The van der Waals surface area contributed by atoms with Crippen LogP contribution in [0.2, 0.25) is 0 Å². The second kappa shape index (κ2) is 12.6. The van der Waals surface area contributed by atoms with E-state index >= 15 is 0 Å². The first kappa shape index (κ1) is 23.3. The Morgan fingerprint density at radius 3 is 1.42 bits per heavy atom. The summed E-state index contributed by atoms with van der Waals surface area (Å²) < 4.78 is 0. The molecular weight excluding hydrogens is 324 g/mol. The van der Waals surface area contributed by atoms with Gasteiger partial charge in [0, 0.05) is 0 Å². The number of ketones is 2. The number of phenolic OH excluding ortho intramolecular Hbond substituents is 2. The molecule has 0 heterocycles. The summed E-state index contributed by atoms with van der Waals surface area (Å²) in [7, 11) is 0. The lowest BCUT2D eigenvalue weighted by atomic mass is 10.2. The monoisotopic (exact) mass is 344 g/mol. The molecule has 0 aliphatic carbocycles. The van der Waals surface area contributed by atoms with E-state index in [1.165, 1.54) is 26.0 Å². The van der Waals surface area contributed by atoms with Crippen molar-refractivity contribution in [3.8, 4) is 11.5 Å². The summed E-state index contributed by atoms with van der Waals surface area (Å²) in [6, 6.07) is 6.15. The van der Waals surface area contributed by atoms with Crippen LogP contribution < -0.4 is 0 Å². The molecule has 0 saturated heterocycles. The molecule has 1 rings (SSSR count). The van der Waals surface area contributed by atoms with Crippen LogP contribution in [-0.4, -0.2) is 55.1 Å². The Morgan fingerprint density at radius 1 is 0.917 bits per heavy atom. The standard InChI is InChI=1S/C6H6O2.C5H8O2.C4H6O5/c7-5-3-1-2-4-6(5)8;1-4(6)3-5(2)7;5-2(4(8)9)1-3(6)7/h1-4,7-8H;3H2,1-2H3;2,5H,1H2,(H,6,7)(H,8,9). The van der Waals surface area contributed by atoms with Crippen LogP contribution in [0.4, 0.5) is 0 Å². The number of carboxylic acids is 2. The average molecular weight is 344 g/mol. The van der Waals surface area contributed by atoms with Gasteiger partial charge in [0.2, 0.25) is 0 Å². The van der Waals surface area contributed by atoms with E-state index < -0.39 is 24.5 Å². The van der Waals surface area contributed by atoms with Gasteiger partial charge >= 0.3 is 11.9 Å². The molecule has 0 saturated carbocycles. The van der Waals surface area contributed by atoms with Gasteiger partial charge in [-0.25, -0.2) is 4.79 Å². The van der Waals surface area contributed by atoms with Crippen molar-refractivity contribution in [2.75, 3.05) is 0 Å². The van der Waals surface area contributed by atoms with E-state index in [1.807, 2.05) is 0 Å². The van der Waals surface area contributed by atoms with E-state index in [4.69, 9.17) is 25.5 Å². The Kier molecular flexibility index (Phi) is 12.2. The number of aromatic hydroxyl groups is 2. The van der Waals surface area contributed by atoms with Crippen molar-refractivity contribution in [3.63, 3.8) is 0 Å². The molecule has 9 heteroatoms. The molecule has 134 valence electrons. The maximum atomic E-state index is 10.0. The zero-order chi connectivity index (χ0) is 19.3. The number of carbonyl (C=O) groups excluding carboxylic acids is 2. The van der Waals surface area contributed by atoms with Gasteiger partial charge in [-0.2, -0.15) is 0 Å². The number of para-hydroxylation sites is 2. The molecule has 1 unspecified atom stereocenters. The summed E-state index contributed by atoms with van der Waals surface area (Å²) in [5.41, 5.74) is 0. The second-order valence-electron chi connectivity index (χ2n) is 4.52. The van der Waals surface area contributed by atoms with Crippen molar-refractivity contribution >= 4 is 23.5 Å². The van der Waals surface area contributed by atoms with Crippen LogP contribution in [0.5, 0.6) is 11.5 Å². The molecule has 0 amide bonds. The van der Waals surface area contributed by atoms with Gasteiger partial charge in [0.1, 0.15) is 11.6 Å².